The number of likely N-dealkylation sites (tertiary alicyclic amines) is 1. The number of rotatable bonds is 8. The molecule has 0 spiro atoms. The number of ketones is 1. The Balaban J connectivity index is 0.000000244. The summed E-state index contributed by atoms with van der Waals surface area (Å²) in [5.74, 6) is 8.09. The minimum absolute atomic E-state index is 0.120. The monoisotopic (exact) mass is 761 g/mol. The fourth-order valence-electron chi connectivity index (χ4n) is 9.30. The maximum Gasteiger partial charge on any atom is 0.416 e. The van der Waals surface area contributed by atoms with Crippen LogP contribution < -0.4 is 0 Å². The molecule has 4 unspecified atom stereocenters. The molecule has 6 rings (SSSR count). The van der Waals surface area contributed by atoms with Gasteiger partial charge in [-0.1, -0.05) is 90.6 Å². The maximum absolute atomic E-state index is 13.8. The molecule has 4 atom stereocenters. The molecule has 0 radical (unpaired) electrons. The minimum atomic E-state index is -4.48. The number of carbonyl (C=O) groups excluding carboxylic acids is 2. The van der Waals surface area contributed by atoms with Crippen LogP contribution in [0.4, 0.5) is 13.2 Å². The van der Waals surface area contributed by atoms with Crippen molar-refractivity contribution < 1.29 is 22.8 Å². The van der Waals surface area contributed by atoms with Crippen molar-refractivity contribution in [2.45, 2.75) is 149 Å². The zero-order chi connectivity index (χ0) is 39.6. The molecule has 4 aliphatic rings. The topological polar surface area (TPSA) is 40.6 Å². The SMILES string of the molecule is CC1CCCC(C(=O)c2cc(C(F)(F)F)cc(C(C)(C)C(C)C)c2)CCC(Cc2ccccc2)C1.O=C(C1CCCC1)N1CCCC(N2CCC#CCC2)C1. The second-order valence-corrected chi connectivity index (χ2v) is 18.1. The Kier molecular flexibility index (Phi) is 15.5. The van der Waals surface area contributed by atoms with Crippen molar-refractivity contribution in [2.24, 2.45) is 29.6 Å². The van der Waals surface area contributed by atoms with Crippen LogP contribution in [0.5, 0.6) is 0 Å². The summed E-state index contributed by atoms with van der Waals surface area (Å²) in [6.07, 6.45) is 11.2. The summed E-state index contributed by atoms with van der Waals surface area (Å²) >= 11 is 0. The number of piperidine rings is 1. The third-order valence-corrected chi connectivity index (χ3v) is 13.5. The highest BCUT2D eigenvalue weighted by Gasteiger charge is 2.36. The van der Waals surface area contributed by atoms with E-state index in [-0.39, 0.29) is 23.2 Å². The number of carbonyl (C=O) groups is 2. The molecule has 302 valence electrons. The normalized spacial score (nSPS) is 24.7. The van der Waals surface area contributed by atoms with E-state index in [4.69, 9.17) is 0 Å². The number of nitrogens with zero attached hydrogens (tertiary/aromatic N) is 2. The van der Waals surface area contributed by atoms with Crippen molar-refractivity contribution in [3.8, 4) is 11.8 Å². The summed E-state index contributed by atoms with van der Waals surface area (Å²) < 4.78 is 41.4. The Morgan fingerprint density at radius 1 is 0.782 bits per heavy atom. The van der Waals surface area contributed by atoms with E-state index in [1.54, 1.807) is 6.07 Å². The number of Topliss-reactive ketones (excluding diaryl/α,β-unsaturated/α-hetero) is 1. The molecule has 1 amide bonds. The summed E-state index contributed by atoms with van der Waals surface area (Å²) in [7, 11) is 0. The molecule has 0 N–H and O–H groups in total. The van der Waals surface area contributed by atoms with Crippen molar-refractivity contribution in [2.75, 3.05) is 26.2 Å². The van der Waals surface area contributed by atoms with Crippen molar-refractivity contribution in [3.63, 3.8) is 0 Å². The standard InChI is InChI=1S/C31H41F3O.C17H26N2O/c1-21(2)30(4,5)27-18-26(19-28(20-27)31(32,33)34)29(35)25-13-9-10-22(3)16-24(14-15-25)17-23-11-7-6-8-12-23;20-17(15-8-3-4-9-15)19-13-7-10-16(14-19)18-11-5-1-2-6-12-18/h6-8,11-12,18-22,24-25H,9-10,13-17H2,1-5H3;15-16H,3-14H2. The van der Waals surface area contributed by atoms with Crippen molar-refractivity contribution >= 4 is 11.7 Å². The van der Waals surface area contributed by atoms with Crippen LogP contribution in [0.1, 0.15) is 152 Å². The number of hydrogen-bond donors (Lipinski definition) is 0. The third-order valence-electron chi connectivity index (χ3n) is 13.5. The van der Waals surface area contributed by atoms with Gasteiger partial charge in [0.1, 0.15) is 0 Å². The van der Waals surface area contributed by atoms with Crippen molar-refractivity contribution in [1.29, 1.82) is 0 Å². The largest absolute Gasteiger partial charge is 0.416 e. The van der Waals surface area contributed by atoms with Crippen LogP contribution in [0.3, 0.4) is 0 Å². The van der Waals surface area contributed by atoms with Crippen LogP contribution in [-0.2, 0) is 22.8 Å². The van der Waals surface area contributed by atoms with Gasteiger partial charge in [0.2, 0.25) is 5.91 Å². The van der Waals surface area contributed by atoms with Gasteiger partial charge in [0, 0.05) is 62.5 Å². The van der Waals surface area contributed by atoms with Gasteiger partial charge in [-0.3, -0.25) is 14.5 Å². The molecule has 1 saturated heterocycles. The number of alkyl halides is 3. The molecule has 2 heterocycles. The molecule has 2 saturated carbocycles. The molecule has 2 aromatic carbocycles. The molecule has 55 heavy (non-hydrogen) atoms. The van der Waals surface area contributed by atoms with Crippen LogP contribution in [0.2, 0.25) is 0 Å². The van der Waals surface area contributed by atoms with Gasteiger partial charge in [0.25, 0.3) is 0 Å². The molecule has 0 bridgehead atoms. The van der Waals surface area contributed by atoms with Gasteiger partial charge in [-0.2, -0.15) is 13.2 Å². The number of hydrogen-bond acceptors (Lipinski definition) is 3. The van der Waals surface area contributed by atoms with Gasteiger partial charge in [0.05, 0.1) is 5.56 Å². The lowest BCUT2D eigenvalue weighted by Crippen LogP contribution is -2.51. The van der Waals surface area contributed by atoms with Crippen LogP contribution in [-0.4, -0.2) is 53.7 Å². The van der Waals surface area contributed by atoms with E-state index in [9.17, 15) is 22.8 Å². The van der Waals surface area contributed by atoms with Crippen LogP contribution in [0.15, 0.2) is 48.5 Å². The second kappa shape index (κ2) is 19.8. The number of halogens is 3. The zero-order valence-electron chi connectivity index (χ0n) is 34.4. The first-order valence-corrected chi connectivity index (χ1v) is 21.5. The first kappa shape index (κ1) is 43.0. The predicted octanol–water partition coefficient (Wildman–Crippen LogP) is 11.6. The van der Waals surface area contributed by atoms with Crippen molar-refractivity contribution in [1.82, 2.24) is 9.80 Å². The Labute approximate surface area is 330 Å². The minimum Gasteiger partial charge on any atom is -0.341 e. The predicted molar refractivity (Wildman–Crippen MR) is 218 cm³/mol. The molecule has 2 aliphatic heterocycles. The third kappa shape index (κ3) is 12.2. The fourth-order valence-corrected chi connectivity index (χ4v) is 9.30. The van der Waals surface area contributed by atoms with E-state index in [1.165, 1.54) is 37.3 Å². The van der Waals surface area contributed by atoms with E-state index in [0.29, 0.717) is 35.3 Å². The summed E-state index contributed by atoms with van der Waals surface area (Å²) in [6, 6.07) is 15.1. The van der Waals surface area contributed by atoms with Gasteiger partial charge in [-0.25, -0.2) is 0 Å². The Hall–Kier alpha value is -3.11. The highest BCUT2D eigenvalue weighted by atomic mass is 19.4. The lowest BCUT2D eigenvalue weighted by atomic mass is 9.73. The number of benzene rings is 2. The lowest BCUT2D eigenvalue weighted by Gasteiger charge is -2.39. The zero-order valence-corrected chi connectivity index (χ0v) is 34.4. The van der Waals surface area contributed by atoms with Crippen LogP contribution in [0.25, 0.3) is 0 Å². The smallest absolute Gasteiger partial charge is 0.341 e. The molecule has 2 aromatic rings. The lowest BCUT2D eigenvalue weighted by molar-refractivity contribution is -0.138. The Bertz CT molecular complexity index is 1590. The van der Waals surface area contributed by atoms with E-state index >= 15 is 0 Å². The molecule has 0 aromatic heterocycles. The molecule has 2 aliphatic carbocycles. The average Bonchev–Trinajstić information content (AvgIpc) is 3.60. The van der Waals surface area contributed by atoms with Gasteiger partial charge in [-0.15, -0.1) is 11.8 Å². The number of amides is 1. The summed E-state index contributed by atoms with van der Waals surface area (Å²) in [5, 5.41) is 0. The first-order valence-electron chi connectivity index (χ1n) is 21.5. The van der Waals surface area contributed by atoms with E-state index < -0.39 is 17.2 Å². The van der Waals surface area contributed by atoms with Gasteiger partial charge in [0.15, 0.2) is 5.78 Å². The summed E-state index contributed by atoms with van der Waals surface area (Å²) in [5.41, 5.74) is 0.936. The maximum atomic E-state index is 13.8. The van der Waals surface area contributed by atoms with E-state index in [2.05, 4.69) is 52.8 Å². The quantitative estimate of drug-likeness (QED) is 0.199. The van der Waals surface area contributed by atoms with Gasteiger partial charge in [-0.05, 0) is 110 Å². The van der Waals surface area contributed by atoms with Gasteiger partial charge < -0.3 is 4.90 Å². The highest BCUT2D eigenvalue weighted by molar-refractivity contribution is 5.98. The van der Waals surface area contributed by atoms with Crippen LogP contribution in [0, 0.1) is 41.4 Å². The average molecular weight is 761 g/mol. The van der Waals surface area contributed by atoms with Gasteiger partial charge >= 0.3 is 6.18 Å². The summed E-state index contributed by atoms with van der Waals surface area (Å²) in [6.45, 7) is 14.3. The van der Waals surface area contributed by atoms with E-state index in [0.717, 1.165) is 103 Å². The Morgan fingerprint density at radius 2 is 1.44 bits per heavy atom. The fraction of sp³-hybridized carbons (Fsp3) is 0.667. The van der Waals surface area contributed by atoms with Crippen LogP contribution >= 0.6 is 0 Å². The molecular formula is C48H67F3N2O2. The molecule has 3 fully saturated rings. The molecule has 7 heteroatoms. The summed E-state index contributed by atoms with van der Waals surface area (Å²) in [4.78, 5) is 31.0. The second-order valence-electron chi connectivity index (χ2n) is 18.1. The highest BCUT2D eigenvalue weighted by Crippen LogP contribution is 2.39. The Morgan fingerprint density at radius 3 is 2.09 bits per heavy atom. The first-order chi connectivity index (χ1) is 26.2. The molecule has 4 nitrogen and oxygen atoms in total. The molecular weight excluding hydrogens is 694 g/mol. The van der Waals surface area contributed by atoms with Crippen molar-refractivity contribution in [3.05, 3.63) is 70.8 Å². The van der Waals surface area contributed by atoms with E-state index in [1.807, 2.05) is 33.8 Å².